The molecule has 0 spiro atoms. The Morgan fingerprint density at radius 2 is 1.07 bits per heavy atom. The third-order valence-corrected chi connectivity index (χ3v) is 7.54. The van der Waals surface area contributed by atoms with Gasteiger partial charge in [0.25, 0.3) is 0 Å². The van der Waals surface area contributed by atoms with Crippen molar-refractivity contribution < 1.29 is 57.4 Å². The van der Waals surface area contributed by atoms with Gasteiger partial charge in [-0.25, -0.2) is 14.4 Å². The van der Waals surface area contributed by atoms with Crippen molar-refractivity contribution >= 4 is 64.5 Å². The molecule has 0 saturated carbocycles. The van der Waals surface area contributed by atoms with Gasteiger partial charge in [-0.3, -0.25) is 28.8 Å². The number of unbranched alkanes of at least 4 members (excludes halogenated alkanes) is 1. The van der Waals surface area contributed by atoms with E-state index in [0.29, 0.717) is 19.3 Å². The van der Waals surface area contributed by atoms with Crippen LogP contribution in [0.15, 0.2) is 72.8 Å². The van der Waals surface area contributed by atoms with E-state index in [9.17, 15) is 43.2 Å². The summed E-state index contributed by atoms with van der Waals surface area (Å²) in [5, 5.41) is 9.99. The topological polar surface area (TPSA) is 229 Å². The van der Waals surface area contributed by atoms with Crippen LogP contribution in [0.5, 0.6) is 0 Å². The molecule has 0 aliphatic carbocycles. The first-order chi connectivity index (χ1) is 26.8. The Labute approximate surface area is 324 Å². The van der Waals surface area contributed by atoms with Crippen molar-refractivity contribution in [1.29, 1.82) is 0 Å². The van der Waals surface area contributed by atoms with E-state index in [1.165, 1.54) is 36.4 Å². The van der Waals surface area contributed by atoms with E-state index in [0.717, 1.165) is 24.3 Å². The predicted octanol–water partition coefficient (Wildman–Crippen LogP) is 3.76. The van der Waals surface area contributed by atoms with Gasteiger partial charge in [0.05, 0.1) is 31.2 Å². The number of ether oxygens (including phenoxy) is 3. The molecule has 2 unspecified atom stereocenters. The lowest BCUT2D eigenvalue weighted by Gasteiger charge is -2.23. The fourth-order valence-electron chi connectivity index (χ4n) is 4.86. The van der Waals surface area contributed by atoms with Gasteiger partial charge in [0.2, 0.25) is 23.6 Å². The molecule has 300 valence electrons. The van der Waals surface area contributed by atoms with Crippen molar-refractivity contribution in [3.63, 3.8) is 0 Å². The lowest BCUT2D eigenvalue weighted by molar-refractivity contribution is -0.148. The number of hydrogen-bond acceptors (Lipinski definition) is 12. The SMILES string of the molecule is CCCCOC(=O)C(CC(=O)c1ccccc1NC(=O)/C=C/C(=O)OCC)NC(=O)C(CC(=O)c1ccccc1NC(=O)/C=C/C(=O)OCC)NC(=O)CCC. The second-order valence-electron chi connectivity index (χ2n) is 11.9. The van der Waals surface area contributed by atoms with Gasteiger partial charge in [-0.05, 0) is 51.0 Å². The molecule has 0 aromatic heterocycles. The molecule has 0 fully saturated rings. The number of benzene rings is 2. The molecule has 2 aromatic rings. The summed E-state index contributed by atoms with van der Waals surface area (Å²) in [7, 11) is 0. The molecule has 0 saturated heterocycles. The summed E-state index contributed by atoms with van der Waals surface area (Å²) in [6.07, 6.45) is 4.03. The van der Waals surface area contributed by atoms with Crippen LogP contribution in [-0.4, -0.2) is 85.0 Å². The Kier molecular flexibility index (Phi) is 20.2. The fourth-order valence-corrected chi connectivity index (χ4v) is 4.86. The zero-order valence-corrected chi connectivity index (χ0v) is 31.8. The Hall–Kier alpha value is -6.45. The number of nitrogens with one attached hydrogen (secondary N) is 4. The van der Waals surface area contributed by atoms with E-state index in [-0.39, 0.29) is 48.7 Å². The molecule has 0 bridgehead atoms. The van der Waals surface area contributed by atoms with Crippen LogP contribution in [0, 0.1) is 0 Å². The highest BCUT2D eigenvalue weighted by Gasteiger charge is 2.32. The van der Waals surface area contributed by atoms with Gasteiger partial charge in [-0.2, -0.15) is 0 Å². The van der Waals surface area contributed by atoms with Crippen LogP contribution in [0.3, 0.4) is 0 Å². The first kappa shape index (κ1) is 45.7. The number of rotatable bonds is 23. The molecule has 0 heterocycles. The number of hydrogen-bond donors (Lipinski definition) is 4. The van der Waals surface area contributed by atoms with E-state index >= 15 is 0 Å². The van der Waals surface area contributed by atoms with Crippen molar-refractivity contribution in [2.24, 2.45) is 0 Å². The molecule has 0 radical (unpaired) electrons. The molecule has 56 heavy (non-hydrogen) atoms. The van der Waals surface area contributed by atoms with E-state index in [2.05, 4.69) is 21.3 Å². The minimum absolute atomic E-state index is 0.00979. The van der Waals surface area contributed by atoms with Gasteiger partial charge < -0.3 is 35.5 Å². The standard InChI is InChI=1S/C40H48N4O12/c1-5-9-23-56-40(53)31(25-33(46)27-16-11-13-18-29(27)42-36(49)20-22-38(51)55-8-4)44-39(52)30(43-34(47)14-6-2)24-32(45)26-15-10-12-17-28(26)41-35(48)19-21-37(50)54-7-3/h10-13,15-22,30-31H,5-9,14,23-25H2,1-4H3,(H,41,48)(H,42,49)(H,43,47)(H,44,52)/b21-19+,22-20+. The number of para-hydroxylation sites is 2. The maximum atomic E-state index is 13.8. The molecular formula is C40H48N4O12. The van der Waals surface area contributed by atoms with Crippen LogP contribution in [0.1, 0.15) is 86.9 Å². The minimum atomic E-state index is -1.59. The number of esters is 3. The first-order valence-electron chi connectivity index (χ1n) is 18.2. The molecule has 4 N–H and O–H groups in total. The molecule has 2 atom stereocenters. The maximum absolute atomic E-state index is 13.8. The number of carbonyl (C=O) groups is 9. The zero-order valence-electron chi connectivity index (χ0n) is 31.8. The fraction of sp³-hybridized carbons (Fsp3) is 0.375. The van der Waals surface area contributed by atoms with Crippen molar-refractivity contribution in [3.8, 4) is 0 Å². The smallest absolute Gasteiger partial charge is 0.330 e. The summed E-state index contributed by atoms with van der Waals surface area (Å²) in [6, 6.07) is 8.66. The third-order valence-electron chi connectivity index (χ3n) is 7.54. The molecule has 16 nitrogen and oxygen atoms in total. The zero-order chi connectivity index (χ0) is 41.5. The molecule has 0 aliphatic heterocycles. The molecular weight excluding hydrogens is 728 g/mol. The number of carbonyl (C=O) groups excluding carboxylic acids is 9. The van der Waals surface area contributed by atoms with Crippen LogP contribution in [0.2, 0.25) is 0 Å². The predicted molar refractivity (Wildman–Crippen MR) is 204 cm³/mol. The first-order valence-corrected chi connectivity index (χ1v) is 18.2. The summed E-state index contributed by atoms with van der Waals surface area (Å²) >= 11 is 0. The summed E-state index contributed by atoms with van der Waals surface area (Å²) in [5.74, 6) is -6.82. The summed E-state index contributed by atoms with van der Waals surface area (Å²) < 4.78 is 14.9. The number of ketones is 2. The quantitative estimate of drug-likeness (QED) is 0.0416. The number of anilines is 2. The van der Waals surface area contributed by atoms with E-state index in [4.69, 9.17) is 14.2 Å². The van der Waals surface area contributed by atoms with Crippen molar-refractivity contribution in [1.82, 2.24) is 10.6 Å². The van der Waals surface area contributed by atoms with Crippen molar-refractivity contribution in [3.05, 3.63) is 84.0 Å². The summed E-state index contributed by atoms with van der Waals surface area (Å²) in [6.45, 7) is 7.01. The summed E-state index contributed by atoms with van der Waals surface area (Å²) in [4.78, 5) is 116. The average Bonchev–Trinajstić information content (AvgIpc) is 3.16. The van der Waals surface area contributed by atoms with Gasteiger partial charge in [-0.15, -0.1) is 0 Å². The second kappa shape index (κ2) is 24.8. The third kappa shape index (κ3) is 16.3. The molecule has 16 heteroatoms. The normalized spacial score (nSPS) is 11.9. The monoisotopic (exact) mass is 776 g/mol. The minimum Gasteiger partial charge on any atom is -0.464 e. The Bertz CT molecular complexity index is 1800. The van der Waals surface area contributed by atoms with E-state index in [1.54, 1.807) is 32.9 Å². The van der Waals surface area contributed by atoms with Crippen molar-refractivity contribution in [2.45, 2.75) is 78.3 Å². The molecule has 2 rings (SSSR count). The van der Waals surface area contributed by atoms with E-state index < -0.39 is 78.0 Å². The number of amides is 4. The second-order valence-corrected chi connectivity index (χ2v) is 11.9. The van der Waals surface area contributed by atoms with Gasteiger partial charge in [0, 0.05) is 54.7 Å². The maximum Gasteiger partial charge on any atom is 0.330 e. The average molecular weight is 777 g/mol. The Morgan fingerprint density at radius 1 is 0.589 bits per heavy atom. The lowest BCUT2D eigenvalue weighted by Crippen LogP contribution is -2.53. The molecule has 4 amide bonds. The lowest BCUT2D eigenvalue weighted by atomic mass is 9.99. The van der Waals surface area contributed by atoms with Crippen LogP contribution < -0.4 is 21.3 Å². The van der Waals surface area contributed by atoms with Crippen molar-refractivity contribution in [2.75, 3.05) is 30.5 Å². The van der Waals surface area contributed by atoms with Gasteiger partial charge in [0.1, 0.15) is 12.1 Å². The summed E-state index contributed by atoms with van der Waals surface area (Å²) in [5.41, 5.74) is 0.0668. The van der Waals surface area contributed by atoms with Crippen LogP contribution in [0.4, 0.5) is 11.4 Å². The van der Waals surface area contributed by atoms with Gasteiger partial charge in [-0.1, -0.05) is 44.5 Å². The Balaban J connectivity index is 2.38. The highest BCUT2D eigenvalue weighted by molar-refractivity contribution is 6.11. The molecule has 0 aliphatic rings. The van der Waals surface area contributed by atoms with Gasteiger partial charge in [0.15, 0.2) is 11.6 Å². The molecule has 2 aromatic carbocycles. The largest absolute Gasteiger partial charge is 0.464 e. The van der Waals surface area contributed by atoms with Crippen LogP contribution >= 0.6 is 0 Å². The highest BCUT2D eigenvalue weighted by Crippen LogP contribution is 2.20. The van der Waals surface area contributed by atoms with Gasteiger partial charge >= 0.3 is 17.9 Å². The number of Topliss-reactive ketones (excluding diaryl/α,β-unsaturated/α-hetero) is 2. The van der Waals surface area contributed by atoms with Crippen LogP contribution in [-0.2, 0) is 47.8 Å². The van der Waals surface area contributed by atoms with E-state index in [1.807, 2.05) is 6.92 Å². The Morgan fingerprint density at radius 3 is 1.54 bits per heavy atom. The highest BCUT2D eigenvalue weighted by atomic mass is 16.5. The van der Waals surface area contributed by atoms with Crippen LogP contribution in [0.25, 0.3) is 0 Å².